The van der Waals surface area contributed by atoms with Gasteiger partial charge in [0.15, 0.2) is 0 Å². The fraction of sp³-hybridized carbons (Fsp3) is 1.00. The molecule has 10 heavy (non-hydrogen) atoms. The summed E-state index contributed by atoms with van der Waals surface area (Å²) in [7, 11) is 3.33. The molecule has 0 rings (SSSR count). The maximum absolute atomic E-state index is 5.66. The molecule has 2 N–H and O–H groups in total. The van der Waals surface area contributed by atoms with Gasteiger partial charge in [-0.15, -0.1) is 0 Å². The molecule has 0 aliphatic carbocycles. The van der Waals surface area contributed by atoms with Gasteiger partial charge in [-0.2, -0.15) is 0 Å². The lowest BCUT2D eigenvalue weighted by atomic mass is 10.1. The first kappa shape index (κ1) is 9.88. The Morgan fingerprint density at radius 2 is 2.00 bits per heavy atom. The molecule has 2 atom stereocenters. The average Bonchev–Trinajstić information content (AvgIpc) is 1.88. The fourth-order valence-corrected chi connectivity index (χ4v) is 0.805. The summed E-state index contributed by atoms with van der Waals surface area (Å²) in [5, 5.41) is 0. The molecule has 3 nitrogen and oxygen atoms in total. The van der Waals surface area contributed by atoms with Crippen molar-refractivity contribution >= 4 is 0 Å². The first-order valence-electron chi connectivity index (χ1n) is 3.48. The van der Waals surface area contributed by atoms with Crippen molar-refractivity contribution in [3.8, 4) is 0 Å². The fourth-order valence-electron chi connectivity index (χ4n) is 0.805. The van der Waals surface area contributed by atoms with E-state index < -0.39 is 0 Å². The van der Waals surface area contributed by atoms with Gasteiger partial charge in [-0.1, -0.05) is 0 Å². The van der Waals surface area contributed by atoms with E-state index >= 15 is 0 Å². The monoisotopic (exact) mass is 147 g/mol. The van der Waals surface area contributed by atoms with E-state index in [1.165, 1.54) is 0 Å². The second-order valence-corrected chi connectivity index (χ2v) is 2.50. The Bertz CT molecular complexity index is 78.0. The maximum Gasteiger partial charge on any atom is 0.0614 e. The Labute approximate surface area is 62.5 Å². The smallest absolute Gasteiger partial charge is 0.0614 e. The molecule has 0 bridgehead atoms. The highest BCUT2D eigenvalue weighted by Crippen LogP contribution is 1.98. The topological polar surface area (TPSA) is 44.5 Å². The zero-order valence-electron chi connectivity index (χ0n) is 6.96. The standard InChI is InChI=1S/C7H17NO2/c1-6(10-3)4-7(8)5-9-2/h6-7H,4-5,8H2,1-3H3. The van der Waals surface area contributed by atoms with E-state index in [-0.39, 0.29) is 12.1 Å². The first-order chi connectivity index (χ1) is 4.70. The van der Waals surface area contributed by atoms with Crippen molar-refractivity contribution in [2.24, 2.45) is 5.73 Å². The highest BCUT2D eigenvalue weighted by molar-refractivity contribution is 4.63. The molecule has 0 aliphatic rings. The minimum atomic E-state index is 0.0972. The van der Waals surface area contributed by atoms with Crippen molar-refractivity contribution < 1.29 is 9.47 Å². The molecule has 0 aromatic heterocycles. The molecule has 0 heterocycles. The summed E-state index contributed by atoms with van der Waals surface area (Å²) in [6, 6.07) is 0.0972. The minimum Gasteiger partial charge on any atom is -0.383 e. The van der Waals surface area contributed by atoms with E-state index in [1.54, 1.807) is 14.2 Å². The van der Waals surface area contributed by atoms with Crippen molar-refractivity contribution in [2.45, 2.75) is 25.5 Å². The van der Waals surface area contributed by atoms with E-state index in [0.29, 0.717) is 6.61 Å². The number of ether oxygens (including phenoxy) is 2. The third-order valence-corrected chi connectivity index (χ3v) is 1.42. The van der Waals surface area contributed by atoms with Crippen LogP contribution in [0.15, 0.2) is 0 Å². The molecule has 2 unspecified atom stereocenters. The van der Waals surface area contributed by atoms with Crippen LogP contribution in [-0.4, -0.2) is 33.0 Å². The lowest BCUT2D eigenvalue weighted by Crippen LogP contribution is -2.29. The molecule has 0 radical (unpaired) electrons. The predicted molar refractivity (Wildman–Crippen MR) is 40.9 cm³/mol. The molecule has 3 heteroatoms. The first-order valence-corrected chi connectivity index (χ1v) is 3.48. The molecule has 0 aromatic carbocycles. The van der Waals surface area contributed by atoms with E-state index in [0.717, 1.165) is 6.42 Å². The van der Waals surface area contributed by atoms with Gasteiger partial charge in [0.2, 0.25) is 0 Å². The Morgan fingerprint density at radius 3 is 2.40 bits per heavy atom. The Kier molecular flexibility index (Phi) is 5.58. The van der Waals surface area contributed by atoms with Gasteiger partial charge in [0.1, 0.15) is 0 Å². The van der Waals surface area contributed by atoms with Crippen LogP contribution in [-0.2, 0) is 9.47 Å². The Morgan fingerprint density at radius 1 is 1.40 bits per heavy atom. The molecule has 0 amide bonds. The lowest BCUT2D eigenvalue weighted by Gasteiger charge is -2.14. The summed E-state index contributed by atoms with van der Waals surface area (Å²) in [5.74, 6) is 0. The van der Waals surface area contributed by atoms with E-state index in [1.807, 2.05) is 6.92 Å². The van der Waals surface area contributed by atoms with Crippen LogP contribution >= 0.6 is 0 Å². The van der Waals surface area contributed by atoms with Crippen LogP contribution in [0.1, 0.15) is 13.3 Å². The second kappa shape index (κ2) is 5.65. The maximum atomic E-state index is 5.66. The van der Waals surface area contributed by atoms with Gasteiger partial charge in [0, 0.05) is 20.3 Å². The van der Waals surface area contributed by atoms with Gasteiger partial charge < -0.3 is 15.2 Å². The van der Waals surface area contributed by atoms with Crippen molar-refractivity contribution in [2.75, 3.05) is 20.8 Å². The third-order valence-electron chi connectivity index (χ3n) is 1.42. The quantitative estimate of drug-likeness (QED) is 0.611. The van der Waals surface area contributed by atoms with Gasteiger partial charge >= 0.3 is 0 Å². The summed E-state index contributed by atoms with van der Waals surface area (Å²) in [5.41, 5.74) is 5.66. The summed E-state index contributed by atoms with van der Waals surface area (Å²) < 4.78 is 9.90. The van der Waals surface area contributed by atoms with Crippen LogP contribution in [0.4, 0.5) is 0 Å². The number of nitrogens with two attached hydrogens (primary N) is 1. The zero-order chi connectivity index (χ0) is 7.98. The second-order valence-electron chi connectivity index (χ2n) is 2.50. The van der Waals surface area contributed by atoms with Crippen LogP contribution < -0.4 is 5.73 Å². The molecular formula is C7H17NO2. The Balaban J connectivity index is 3.27. The van der Waals surface area contributed by atoms with Gasteiger partial charge in [-0.05, 0) is 13.3 Å². The zero-order valence-corrected chi connectivity index (χ0v) is 6.96. The number of hydrogen-bond acceptors (Lipinski definition) is 3. The number of methoxy groups -OCH3 is 2. The summed E-state index contributed by atoms with van der Waals surface area (Å²) >= 11 is 0. The molecule has 0 aromatic rings. The number of rotatable bonds is 5. The molecule has 0 fully saturated rings. The van der Waals surface area contributed by atoms with Crippen LogP contribution in [0, 0.1) is 0 Å². The molecule has 0 aliphatic heterocycles. The van der Waals surface area contributed by atoms with Crippen LogP contribution in [0.3, 0.4) is 0 Å². The normalized spacial score (nSPS) is 16.8. The largest absolute Gasteiger partial charge is 0.383 e. The summed E-state index contributed by atoms with van der Waals surface area (Å²) in [6.07, 6.45) is 1.08. The summed E-state index contributed by atoms with van der Waals surface area (Å²) in [6.45, 7) is 2.60. The number of hydrogen-bond donors (Lipinski definition) is 1. The lowest BCUT2D eigenvalue weighted by molar-refractivity contribution is 0.0885. The SMILES string of the molecule is COCC(N)CC(C)OC. The van der Waals surface area contributed by atoms with Crippen molar-refractivity contribution in [1.29, 1.82) is 0 Å². The van der Waals surface area contributed by atoms with E-state index in [9.17, 15) is 0 Å². The van der Waals surface area contributed by atoms with Crippen LogP contribution in [0.2, 0.25) is 0 Å². The minimum absolute atomic E-state index is 0.0972. The molecule has 0 saturated heterocycles. The molecule has 0 saturated carbocycles. The third kappa shape index (κ3) is 4.73. The highest BCUT2D eigenvalue weighted by atomic mass is 16.5. The average molecular weight is 147 g/mol. The van der Waals surface area contributed by atoms with Crippen molar-refractivity contribution in [3.05, 3.63) is 0 Å². The Hall–Kier alpha value is -0.120. The predicted octanol–water partition coefficient (Wildman–Crippen LogP) is 0.385. The van der Waals surface area contributed by atoms with Crippen molar-refractivity contribution in [1.82, 2.24) is 0 Å². The van der Waals surface area contributed by atoms with E-state index in [2.05, 4.69) is 0 Å². The van der Waals surface area contributed by atoms with Crippen LogP contribution in [0.25, 0.3) is 0 Å². The summed E-state index contributed by atoms with van der Waals surface area (Å²) in [4.78, 5) is 0. The molecule has 0 spiro atoms. The van der Waals surface area contributed by atoms with Crippen LogP contribution in [0.5, 0.6) is 0 Å². The van der Waals surface area contributed by atoms with Gasteiger partial charge in [0.25, 0.3) is 0 Å². The highest BCUT2D eigenvalue weighted by Gasteiger charge is 2.06. The van der Waals surface area contributed by atoms with Crippen molar-refractivity contribution in [3.63, 3.8) is 0 Å². The molecular weight excluding hydrogens is 130 g/mol. The van der Waals surface area contributed by atoms with Gasteiger partial charge in [0.05, 0.1) is 12.7 Å². The van der Waals surface area contributed by atoms with Gasteiger partial charge in [-0.25, -0.2) is 0 Å². The van der Waals surface area contributed by atoms with E-state index in [4.69, 9.17) is 15.2 Å². The molecule has 62 valence electrons. The van der Waals surface area contributed by atoms with Gasteiger partial charge in [-0.3, -0.25) is 0 Å².